The lowest BCUT2D eigenvalue weighted by Gasteiger charge is -2.36. The molecule has 2 heterocycles. The molecule has 0 spiro atoms. The molecule has 2 fully saturated rings. The van der Waals surface area contributed by atoms with Gasteiger partial charge in [-0.25, -0.2) is 0 Å². The van der Waals surface area contributed by atoms with Crippen LogP contribution in [0.25, 0.3) is 0 Å². The fraction of sp³-hybridized carbons (Fsp3) is 0.600. The molecule has 1 unspecified atom stereocenters. The summed E-state index contributed by atoms with van der Waals surface area (Å²) in [5.74, 6) is 1.03. The lowest BCUT2D eigenvalue weighted by Crippen LogP contribution is -2.43. The van der Waals surface area contributed by atoms with Gasteiger partial charge in [-0.05, 0) is 51.8 Å². The molecule has 17 heavy (non-hydrogen) atoms. The lowest BCUT2D eigenvalue weighted by molar-refractivity contribution is 0.0661. The summed E-state index contributed by atoms with van der Waals surface area (Å²) in [5, 5.41) is 0. The Bertz CT molecular complexity index is 372. The number of hydrogen-bond acceptors (Lipinski definition) is 2. The predicted molar refractivity (Wildman–Crippen MR) is 69.4 cm³/mol. The number of piperidine rings is 1. The number of fused-ring (bicyclic) bond motifs is 2. The molecular formula is C15H21NO. The minimum absolute atomic E-state index is 0.423. The molecule has 2 saturated heterocycles. The van der Waals surface area contributed by atoms with Crippen molar-refractivity contribution in [3.8, 4) is 5.75 Å². The largest absolute Gasteiger partial charge is 0.490 e. The first-order valence-corrected chi connectivity index (χ1v) is 6.67. The molecule has 2 aliphatic rings. The van der Waals surface area contributed by atoms with E-state index in [1.807, 2.05) is 0 Å². The Kier molecular flexibility index (Phi) is 2.83. The van der Waals surface area contributed by atoms with Gasteiger partial charge in [0.1, 0.15) is 11.9 Å². The van der Waals surface area contributed by atoms with Gasteiger partial charge in [0.15, 0.2) is 0 Å². The van der Waals surface area contributed by atoms with Crippen molar-refractivity contribution in [2.24, 2.45) is 0 Å². The number of benzene rings is 1. The van der Waals surface area contributed by atoms with E-state index in [-0.39, 0.29) is 0 Å². The van der Waals surface area contributed by atoms with Gasteiger partial charge in [0.05, 0.1) is 0 Å². The lowest BCUT2D eigenvalue weighted by atomic mass is 10.0. The normalized spacial score (nSPS) is 32.7. The fourth-order valence-corrected chi connectivity index (χ4v) is 3.27. The number of nitrogens with zero attached hydrogens (tertiary/aromatic N) is 1. The molecule has 0 saturated carbocycles. The number of ether oxygens (including phenoxy) is 1. The van der Waals surface area contributed by atoms with E-state index in [2.05, 4.69) is 43.1 Å². The van der Waals surface area contributed by atoms with Crippen LogP contribution in [0.3, 0.4) is 0 Å². The third-order valence-electron chi connectivity index (χ3n) is 4.38. The topological polar surface area (TPSA) is 12.5 Å². The second-order valence-corrected chi connectivity index (χ2v) is 5.57. The van der Waals surface area contributed by atoms with Crippen LogP contribution in [0, 0.1) is 6.92 Å². The summed E-state index contributed by atoms with van der Waals surface area (Å²) < 4.78 is 6.11. The van der Waals surface area contributed by atoms with E-state index >= 15 is 0 Å². The van der Waals surface area contributed by atoms with Crippen LogP contribution in [-0.2, 0) is 0 Å². The van der Waals surface area contributed by atoms with Crippen molar-refractivity contribution in [2.45, 2.75) is 50.8 Å². The van der Waals surface area contributed by atoms with Gasteiger partial charge in [0.2, 0.25) is 0 Å². The summed E-state index contributed by atoms with van der Waals surface area (Å²) in [6, 6.07) is 9.94. The zero-order chi connectivity index (χ0) is 11.8. The van der Waals surface area contributed by atoms with Gasteiger partial charge in [-0.1, -0.05) is 17.7 Å². The van der Waals surface area contributed by atoms with Crippen molar-refractivity contribution in [1.82, 2.24) is 4.90 Å². The summed E-state index contributed by atoms with van der Waals surface area (Å²) in [7, 11) is 2.27. The van der Waals surface area contributed by atoms with Gasteiger partial charge < -0.3 is 9.64 Å². The first-order chi connectivity index (χ1) is 8.22. The van der Waals surface area contributed by atoms with Crippen molar-refractivity contribution >= 4 is 0 Å². The number of aryl methyl sites for hydroxylation is 1. The van der Waals surface area contributed by atoms with Gasteiger partial charge in [-0.2, -0.15) is 0 Å². The quantitative estimate of drug-likeness (QED) is 0.776. The molecule has 3 atom stereocenters. The average Bonchev–Trinajstić information content (AvgIpc) is 2.55. The molecule has 0 N–H and O–H groups in total. The summed E-state index contributed by atoms with van der Waals surface area (Å²) in [5.41, 5.74) is 1.29. The van der Waals surface area contributed by atoms with Crippen LogP contribution in [0.4, 0.5) is 0 Å². The van der Waals surface area contributed by atoms with Gasteiger partial charge in [0.25, 0.3) is 0 Å². The maximum absolute atomic E-state index is 6.11. The molecule has 2 bridgehead atoms. The van der Waals surface area contributed by atoms with Crippen molar-refractivity contribution in [1.29, 1.82) is 0 Å². The van der Waals surface area contributed by atoms with Crippen LogP contribution in [-0.4, -0.2) is 30.1 Å². The zero-order valence-corrected chi connectivity index (χ0v) is 10.7. The maximum atomic E-state index is 6.11. The highest BCUT2D eigenvalue weighted by Gasteiger charge is 2.39. The van der Waals surface area contributed by atoms with Gasteiger partial charge in [-0.15, -0.1) is 0 Å². The summed E-state index contributed by atoms with van der Waals surface area (Å²) in [6.45, 7) is 2.11. The maximum Gasteiger partial charge on any atom is 0.119 e. The van der Waals surface area contributed by atoms with Gasteiger partial charge in [-0.3, -0.25) is 0 Å². The smallest absolute Gasteiger partial charge is 0.119 e. The van der Waals surface area contributed by atoms with E-state index in [9.17, 15) is 0 Å². The molecule has 2 heteroatoms. The van der Waals surface area contributed by atoms with Gasteiger partial charge >= 0.3 is 0 Å². The molecule has 3 rings (SSSR count). The minimum Gasteiger partial charge on any atom is -0.490 e. The monoisotopic (exact) mass is 231 g/mol. The highest BCUT2D eigenvalue weighted by atomic mass is 16.5. The Morgan fingerprint density at radius 3 is 2.24 bits per heavy atom. The van der Waals surface area contributed by atoms with Crippen LogP contribution in [0.15, 0.2) is 24.3 Å². The summed E-state index contributed by atoms with van der Waals surface area (Å²) >= 11 is 0. The SMILES string of the molecule is Cc1ccc(OC2C[C@H]3CC[C@@H](C2)N3C)cc1. The van der Waals surface area contributed by atoms with Crippen LogP contribution in [0.2, 0.25) is 0 Å². The zero-order valence-electron chi connectivity index (χ0n) is 10.7. The minimum atomic E-state index is 0.423. The van der Waals surface area contributed by atoms with Crippen LogP contribution in [0.5, 0.6) is 5.75 Å². The van der Waals surface area contributed by atoms with Crippen LogP contribution >= 0.6 is 0 Å². The van der Waals surface area contributed by atoms with Crippen molar-refractivity contribution in [3.05, 3.63) is 29.8 Å². The third kappa shape index (κ3) is 2.19. The second-order valence-electron chi connectivity index (χ2n) is 5.57. The highest BCUT2D eigenvalue weighted by Crippen LogP contribution is 2.35. The molecule has 2 nitrogen and oxygen atoms in total. The standard InChI is InChI=1S/C15H21NO/c1-11-3-7-14(8-4-11)17-15-9-12-5-6-13(10-15)16(12)2/h3-4,7-8,12-13,15H,5-6,9-10H2,1-2H3/t12-,13+,15?. The first kappa shape index (κ1) is 11.1. The van der Waals surface area contributed by atoms with Gasteiger partial charge in [0, 0.05) is 12.1 Å². The summed E-state index contributed by atoms with van der Waals surface area (Å²) in [4.78, 5) is 2.55. The number of hydrogen-bond donors (Lipinski definition) is 0. The van der Waals surface area contributed by atoms with Crippen molar-refractivity contribution < 1.29 is 4.74 Å². The van der Waals surface area contributed by atoms with E-state index < -0.39 is 0 Å². The summed E-state index contributed by atoms with van der Waals surface area (Å²) in [6.07, 6.45) is 5.53. The average molecular weight is 231 g/mol. The third-order valence-corrected chi connectivity index (χ3v) is 4.38. The van der Waals surface area contributed by atoms with Crippen LogP contribution < -0.4 is 4.74 Å². The Morgan fingerprint density at radius 1 is 1.06 bits per heavy atom. The van der Waals surface area contributed by atoms with Crippen molar-refractivity contribution in [3.63, 3.8) is 0 Å². The van der Waals surface area contributed by atoms with E-state index in [4.69, 9.17) is 4.74 Å². The van der Waals surface area contributed by atoms with E-state index in [0.29, 0.717) is 6.10 Å². The van der Waals surface area contributed by atoms with E-state index in [1.165, 1.54) is 31.2 Å². The Labute approximate surface area is 104 Å². The van der Waals surface area contributed by atoms with E-state index in [1.54, 1.807) is 0 Å². The Balaban J connectivity index is 1.65. The molecule has 1 aromatic carbocycles. The van der Waals surface area contributed by atoms with E-state index in [0.717, 1.165) is 17.8 Å². The first-order valence-electron chi connectivity index (χ1n) is 6.67. The molecule has 2 aliphatic heterocycles. The Morgan fingerprint density at radius 2 is 1.65 bits per heavy atom. The molecule has 92 valence electrons. The fourth-order valence-electron chi connectivity index (χ4n) is 3.27. The number of rotatable bonds is 2. The van der Waals surface area contributed by atoms with Crippen LogP contribution in [0.1, 0.15) is 31.2 Å². The molecule has 0 aliphatic carbocycles. The molecule has 0 amide bonds. The molecule has 1 aromatic rings. The van der Waals surface area contributed by atoms with Crippen molar-refractivity contribution in [2.75, 3.05) is 7.05 Å². The molecule has 0 aromatic heterocycles. The molecule has 0 radical (unpaired) electrons. The second kappa shape index (κ2) is 4.34. The predicted octanol–water partition coefficient (Wildman–Crippen LogP) is 3.00. The highest BCUT2D eigenvalue weighted by molar-refractivity contribution is 5.26. The Hall–Kier alpha value is -1.02. The molecular weight excluding hydrogens is 210 g/mol.